The Morgan fingerprint density at radius 2 is 2.07 bits per heavy atom. The molecule has 0 radical (unpaired) electrons. The van der Waals surface area contributed by atoms with E-state index in [9.17, 15) is 14.7 Å². The summed E-state index contributed by atoms with van der Waals surface area (Å²) >= 11 is 0. The summed E-state index contributed by atoms with van der Waals surface area (Å²) in [5.41, 5.74) is 2.02. The van der Waals surface area contributed by atoms with Crippen molar-refractivity contribution < 1.29 is 19.1 Å². The molecule has 1 aromatic carbocycles. The van der Waals surface area contributed by atoms with Crippen LogP contribution in [0, 0.1) is 17.3 Å². The van der Waals surface area contributed by atoms with Crippen molar-refractivity contribution in [1.29, 1.82) is 0 Å². The summed E-state index contributed by atoms with van der Waals surface area (Å²) in [7, 11) is 0. The first-order valence-electron chi connectivity index (χ1n) is 9.89. The van der Waals surface area contributed by atoms with Gasteiger partial charge in [-0.2, -0.15) is 0 Å². The number of ether oxygens (including phenoxy) is 1. The maximum atomic E-state index is 11.5. The molecule has 0 N–H and O–H groups in total. The van der Waals surface area contributed by atoms with Crippen molar-refractivity contribution in [3.63, 3.8) is 0 Å². The van der Waals surface area contributed by atoms with Crippen LogP contribution in [0.2, 0.25) is 0 Å². The topological polar surface area (TPSA) is 79.6 Å². The zero-order valence-corrected chi connectivity index (χ0v) is 17.2. The second kappa shape index (κ2) is 8.27. The molecule has 0 amide bonds. The lowest BCUT2D eigenvalue weighted by atomic mass is 9.58. The molecule has 5 heteroatoms. The predicted octanol–water partition coefficient (Wildman–Crippen LogP) is 3.87. The van der Waals surface area contributed by atoms with E-state index in [0.717, 1.165) is 17.4 Å². The first kappa shape index (κ1) is 20.9. The predicted molar refractivity (Wildman–Crippen MR) is 110 cm³/mol. The third kappa shape index (κ3) is 4.44. The number of hydrogen-bond donors (Lipinski definition) is 0. The summed E-state index contributed by atoms with van der Waals surface area (Å²) in [5, 5.41) is 12.0. The summed E-state index contributed by atoms with van der Waals surface area (Å²) in [6.07, 6.45) is 3.56. The zero-order chi connectivity index (χ0) is 21.2. The standard InChI is InChI=1S/C24H28O5/c1-15(2)19-9-5-16(3)20(24(19,4)12-11-22(25)26)14-28-18-8-6-17-7-10-23(27)29-21(17)13-18/h5-8,10,13,19-20H,1,9,11-12,14H2,2-4H3,(H,25,26)/p-1/t19-,20-,24-/m1/s1. The third-order valence-corrected chi connectivity index (χ3v) is 6.29. The number of allylic oxidation sites excluding steroid dienone is 2. The summed E-state index contributed by atoms with van der Waals surface area (Å²) in [6, 6.07) is 8.52. The third-order valence-electron chi connectivity index (χ3n) is 6.29. The van der Waals surface area contributed by atoms with Crippen molar-refractivity contribution in [2.75, 3.05) is 6.61 Å². The largest absolute Gasteiger partial charge is 0.550 e. The molecular weight excluding hydrogens is 368 g/mol. The van der Waals surface area contributed by atoms with Gasteiger partial charge < -0.3 is 19.1 Å². The second-order valence-corrected chi connectivity index (χ2v) is 8.28. The van der Waals surface area contributed by atoms with Gasteiger partial charge in [0.2, 0.25) is 0 Å². The molecule has 0 bridgehead atoms. The molecule has 0 aliphatic heterocycles. The number of hydrogen-bond acceptors (Lipinski definition) is 5. The van der Waals surface area contributed by atoms with Gasteiger partial charge in [0.25, 0.3) is 0 Å². The van der Waals surface area contributed by atoms with Crippen LogP contribution in [0.3, 0.4) is 0 Å². The molecule has 1 aliphatic carbocycles. The van der Waals surface area contributed by atoms with Crippen LogP contribution in [-0.4, -0.2) is 12.6 Å². The van der Waals surface area contributed by atoms with Crippen LogP contribution in [0.5, 0.6) is 5.75 Å². The first-order chi connectivity index (χ1) is 13.7. The fraction of sp³-hybridized carbons (Fsp3) is 0.417. The lowest BCUT2D eigenvalue weighted by Gasteiger charge is -2.48. The van der Waals surface area contributed by atoms with E-state index >= 15 is 0 Å². The van der Waals surface area contributed by atoms with Crippen LogP contribution in [0.25, 0.3) is 11.0 Å². The van der Waals surface area contributed by atoms with Crippen LogP contribution < -0.4 is 15.5 Å². The van der Waals surface area contributed by atoms with Gasteiger partial charge in [0.1, 0.15) is 11.3 Å². The zero-order valence-electron chi connectivity index (χ0n) is 17.2. The number of rotatable bonds is 7. The van der Waals surface area contributed by atoms with E-state index in [1.54, 1.807) is 12.1 Å². The number of carboxylic acids is 1. The van der Waals surface area contributed by atoms with Gasteiger partial charge in [0, 0.05) is 29.4 Å². The number of carboxylic acid groups (broad SMARTS) is 1. The van der Waals surface area contributed by atoms with Gasteiger partial charge in [-0.05, 0) is 62.6 Å². The average Bonchev–Trinajstić information content (AvgIpc) is 2.65. The molecule has 1 aliphatic rings. The minimum absolute atomic E-state index is 0.00515. The minimum Gasteiger partial charge on any atom is -0.550 e. The first-order valence-corrected chi connectivity index (χ1v) is 9.89. The quantitative estimate of drug-likeness (QED) is 0.525. The Hall–Kier alpha value is -2.82. The number of fused-ring (bicyclic) bond motifs is 1. The van der Waals surface area contributed by atoms with Crippen LogP contribution in [0.15, 0.2) is 63.3 Å². The molecule has 0 unspecified atom stereocenters. The summed E-state index contributed by atoms with van der Waals surface area (Å²) in [4.78, 5) is 22.6. The fourth-order valence-electron chi connectivity index (χ4n) is 4.59. The Kier molecular flexibility index (Phi) is 5.96. The highest BCUT2D eigenvalue weighted by molar-refractivity contribution is 5.77. The number of carbonyl (C=O) groups excluding carboxylic acids is 1. The molecule has 2 aromatic rings. The Balaban J connectivity index is 1.86. The number of carbonyl (C=O) groups is 1. The molecule has 0 saturated carbocycles. The van der Waals surface area contributed by atoms with Crippen LogP contribution in [-0.2, 0) is 4.79 Å². The van der Waals surface area contributed by atoms with Crippen molar-refractivity contribution in [2.24, 2.45) is 17.3 Å². The van der Waals surface area contributed by atoms with E-state index in [-0.39, 0.29) is 23.7 Å². The van der Waals surface area contributed by atoms with Gasteiger partial charge in [0.05, 0.1) is 6.61 Å². The van der Waals surface area contributed by atoms with Gasteiger partial charge in [-0.15, -0.1) is 0 Å². The molecule has 3 rings (SSSR count). The molecule has 29 heavy (non-hydrogen) atoms. The van der Waals surface area contributed by atoms with Gasteiger partial charge >= 0.3 is 5.63 Å². The number of benzene rings is 1. The molecule has 3 atom stereocenters. The molecule has 0 fully saturated rings. The highest BCUT2D eigenvalue weighted by atomic mass is 16.5. The Labute approximate surface area is 170 Å². The van der Waals surface area contributed by atoms with Crippen molar-refractivity contribution >= 4 is 16.9 Å². The Morgan fingerprint density at radius 1 is 1.34 bits per heavy atom. The van der Waals surface area contributed by atoms with Gasteiger partial charge in [-0.25, -0.2) is 4.79 Å². The van der Waals surface area contributed by atoms with E-state index in [4.69, 9.17) is 9.15 Å². The lowest BCUT2D eigenvalue weighted by molar-refractivity contribution is -0.306. The molecule has 0 spiro atoms. The average molecular weight is 395 g/mol. The lowest BCUT2D eigenvalue weighted by Crippen LogP contribution is -2.43. The van der Waals surface area contributed by atoms with Crippen LogP contribution in [0.1, 0.15) is 40.0 Å². The molecule has 5 nitrogen and oxygen atoms in total. The van der Waals surface area contributed by atoms with E-state index < -0.39 is 11.6 Å². The maximum Gasteiger partial charge on any atom is 0.336 e. The monoisotopic (exact) mass is 395 g/mol. The summed E-state index contributed by atoms with van der Waals surface area (Å²) < 4.78 is 11.3. The number of aliphatic carboxylic acids is 1. The molecular formula is C24H27O5-. The van der Waals surface area contributed by atoms with Crippen molar-refractivity contribution in [1.82, 2.24) is 0 Å². The molecule has 1 aromatic heterocycles. The highest BCUT2D eigenvalue weighted by Crippen LogP contribution is 2.51. The fourth-order valence-corrected chi connectivity index (χ4v) is 4.59. The molecule has 0 saturated heterocycles. The Morgan fingerprint density at radius 3 is 2.76 bits per heavy atom. The normalized spacial score (nSPS) is 24.2. The van der Waals surface area contributed by atoms with Gasteiger partial charge in [-0.3, -0.25) is 0 Å². The Bertz CT molecular complexity index is 1020. The van der Waals surface area contributed by atoms with E-state index in [0.29, 0.717) is 24.4 Å². The van der Waals surface area contributed by atoms with E-state index in [1.807, 2.05) is 19.1 Å². The highest BCUT2D eigenvalue weighted by Gasteiger charge is 2.44. The smallest absolute Gasteiger partial charge is 0.336 e. The van der Waals surface area contributed by atoms with E-state index in [1.165, 1.54) is 11.6 Å². The van der Waals surface area contributed by atoms with E-state index in [2.05, 4.69) is 26.5 Å². The van der Waals surface area contributed by atoms with Crippen molar-refractivity contribution in [3.05, 3.63) is 64.6 Å². The minimum atomic E-state index is -1.04. The summed E-state index contributed by atoms with van der Waals surface area (Å²) in [5.74, 6) is -0.216. The second-order valence-electron chi connectivity index (χ2n) is 8.28. The SMILES string of the molecule is C=C(C)[C@H]1CC=C(C)[C@@H](COc2ccc3ccc(=O)oc3c2)[C@]1(C)CCC(=O)[O-]. The molecule has 1 heterocycles. The van der Waals surface area contributed by atoms with Gasteiger partial charge in [-0.1, -0.05) is 30.7 Å². The van der Waals surface area contributed by atoms with Crippen LogP contribution >= 0.6 is 0 Å². The van der Waals surface area contributed by atoms with Gasteiger partial charge in [0.15, 0.2) is 0 Å². The maximum absolute atomic E-state index is 11.5. The van der Waals surface area contributed by atoms with Crippen molar-refractivity contribution in [2.45, 2.75) is 40.0 Å². The van der Waals surface area contributed by atoms with Crippen LogP contribution in [0.4, 0.5) is 0 Å². The van der Waals surface area contributed by atoms with Crippen molar-refractivity contribution in [3.8, 4) is 5.75 Å². The summed E-state index contributed by atoms with van der Waals surface area (Å²) in [6.45, 7) is 10.7. The molecule has 154 valence electrons.